The van der Waals surface area contributed by atoms with Crippen LogP contribution in [0.4, 0.5) is 0 Å². The van der Waals surface area contributed by atoms with Gasteiger partial charge in [0.2, 0.25) is 0 Å². The van der Waals surface area contributed by atoms with Crippen molar-refractivity contribution in [3.63, 3.8) is 0 Å². The molecule has 6 nitrogen and oxygen atoms in total. The first kappa shape index (κ1) is 12.6. The Morgan fingerprint density at radius 2 is 1.43 bits per heavy atom. The van der Waals surface area contributed by atoms with Gasteiger partial charge in [-0.1, -0.05) is 0 Å². The van der Waals surface area contributed by atoms with Gasteiger partial charge in [0.05, 0.1) is 11.7 Å². The molecule has 0 amide bonds. The molecule has 2 aliphatic carbocycles. The Bertz CT molecular complexity index is 500. The molecule has 0 radical (unpaired) electrons. The summed E-state index contributed by atoms with van der Waals surface area (Å²) in [6.45, 7) is 2.11. The largest absolute Gasteiger partial charge is 0.451 e. The summed E-state index contributed by atoms with van der Waals surface area (Å²) in [5.41, 5.74) is -0.449. The number of aromatic nitrogens is 2. The summed E-state index contributed by atoms with van der Waals surface area (Å²) >= 11 is 1.17. The first-order valence-corrected chi connectivity index (χ1v) is 8.68. The average Bonchev–Trinajstić information content (AvgIpc) is 3.27. The lowest BCUT2D eigenvalue weighted by molar-refractivity contribution is 0.0230. The molecule has 3 heterocycles. The lowest BCUT2D eigenvalue weighted by atomic mass is 10.1. The van der Waals surface area contributed by atoms with Crippen LogP contribution in [0.15, 0.2) is 0 Å². The predicted octanol–water partition coefficient (Wildman–Crippen LogP) is 1.49. The van der Waals surface area contributed by atoms with Crippen molar-refractivity contribution >= 4 is 11.7 Å². The molecule has 4 bridgehead atoms. The fraction of sp³-hybridized carbons (Fsp3) is 0.857. The minimum absolute atomic E-state index is 0.225. The lowest BCUT2D eigenvalue weighted by Crippen LogP contribution is -2.47. The van der Waals surface area contributed by atoms with Crippen LogP contribution in [0.5, 0.6) is 11.8 Å². The smallest absolute Gasteiger partial charge is 0.293 e. The van der Waals surface area contributed by atoms with E-state index in [4.69, 9.17) is 9.47 Å². The van der Waals surface area contributed by atoms with Gasteiger partial charge < -0.3 is 9.47 Å². The van der Waals surface area contributed by atoms with Gasteiger partial charge in [-0.05, 0) is 24.7 Å². The molecule has 5 rings (SSSR count). The Morgan fingerprint density at radius 1 is 0.905 bits per heavy atom. The van der Waals surface area contributed by atoms with Gasteiger partial charge in [-0.15, -0.1) is 8.75 Å². The van der Waals surface area contributed by atoms with Crippen LogP contribution < -0.4 is 20.1 Å². The number of fused-ring (bicyclic) bond motifs is 4. The summed E-state index contributed by atoms with van der Waals surface area (Å²) < 4.78 is 21.1. The molecular weight excluding hydrogens is 288 g/mol. The van der Waals surface area contributed by atoms with E-state index in [0.29, 0.717) is 11.8 Å². The fourth-order valence-corrected chi connectivity index (χ4v) is 4.89. The lowest BCUT2D eigenvalue weighted by Gasteiger charge is -2.30. The summed E-state index contributed by atoms with van der Waals surface area (Å²) in [6.07, 6.45) is 6.76. The zero-order valence-corrected chi connectivity index (χ0v) is 12.7. The van der Waals surface area contributed by atoms with Crippen molar-refractivity contribution in [3.05, 3.63) is 0 Å². The highest BCUT2D eigenvalue weighted by molar-refractivity contribution is 6.99. The summed E-state index contributed by atoms with van der Waals surface area (Å²) in [6, 6.07) is 0. The van der Waals surface area contributed by atoms with Gasteiger partial charge in [-0.3, -0.25) is 10.6 Å². The molecule has 21 heavy (non-hydrogen) atoms. The molecule has 1 aromatic heterocycles. The minimum atomic E-state index is -0.225. The maximum atomic E-state index is 6.21. The summed E-state index contributed by atoms with van der Waals surface area (Å²) in [5, 5.41) is 7.01. The molecule has 114 valence electrons. The molecule has 4 atom stereocenters. The molecule has 4 fully saturated rings. The van der Waals surface area contributed by atoms with E-state index in [2.05, 4.69) is 19.4 Å². The Kier molecular flexibility index (Phi) is 2.58. The van der Waals surface area contributed by atoms with Gasteiger partial charge in [0, 0.05) is 38.8 Å². The van der Waals surface area contributed by atoms with Crippen molar-refractivity contribution in [3.8, 4) is 11.8 Å². The van der Waals surface area contributed by atoms with E-state index in [9.17, 15) is 0 Å². The molecule has 2 N–H and O–H groups in total. The van der Waals surface area contributed by atoms with Crippen molar-refractivity contribution in [2.24, 2.45) is 11.8 Å². The number of hydrogen-bond donors (Lipinski definition) is 2. The van der Waals surface area contributed by atoms with Gasteiger partial charge in [0.1, 0.15) is 0 Å². The van der Waals surface area contributed by atoms with Gasteiger partial charge in [0.25, 0.3) is 11.8 Å². The van der Waals surface area contributed by atoms with Crippen LogP contribution in [0.3, 0.4) is 0 Å². The summed E-state index contributed by atoms with van der Waals surface area (Å²) in [4.78, 5) is 0. The van der Waals surface area contributed by atoms with Crippen molar-refractivity contribution in [2.75, 3.05) is 13.1 Å². The monoisotopic (exact) mass is 308 g/mol. The third-order valence-corrected chi connectivity index (χ3v) is 6.08. The molecule has 0 aromatic carbocycles. The van der Waals surface area contributed by atoms with Crippen LogP contribution in [0.2, 0.25) is 0 Å². The second kappa shape index (κ2) is 4.30. The molecule has 2 saturated carbocycles. The summed E-state index contributed by atoms with van der Waals surface area (Å²) in [5.74, 6) is 2.65. The van der Waals surface area contributed by atoms with E-state index in [1.807, 2.05) is 0 Å². The molecule has 7 heteroatoms. The van der Waals surface area contributed by atoms with Crippen LogP contribution in [-0.4, -0.2) is 33.3 Å². The number of nitrogens with zero attached hydrogens (tertiary/aromatic N) is 2. The Morgan fingerprint density at radius 3 is 1.76 bits per heavy atom. The van der Waals surface area contributed by atoms with E-state index in [-0.39, 0.29) is 11.4 Å². The van der Waals surface area contributed by atoms with E-state index < -0.39 is 0 Å². The predicted molar refractivity (Wildman–Crippen MR) is 77.3 cm³/mol. The van der Waals surface area contributed by atoms with Crippen molar-refractivity contribution in [2.45, 2.75) is 50.0 Å². The molecule has 2 aliphatic heterocycles. The maximum Gasteiger partial charge on any atom is 0.293 e. The number of piperidine rings is 2. The van der Waals surface area contributed by atoms with Crippen LogP contribution in [-0.2, 0) is 0 Å². The van der Waals surface area contributed by atoms with Crippen molar-refractivity contribution in [1.82, 2.24) is 19.4 Å². The fourth-order valence-electron chi connectivity index (χ4n) is 4.47. The van der Waals surface area contributed by atoms with Crippen molar-refractivity contribution < 1.29 is 9.47 Å². The normalized spacial score (nSPS) is 43.6. The van der Waals surface area contributed by atoms with Gasteiger partial charge in [0.15, 0.2) is 11.4 Å². The van der Waals surface area contributed by atoms with Gasteiger partial charge in [-0.2, -0.15) is 0 Å². The van der Waals surface area contributed by atoms with Crippen LogP contribution in [0.1, 0.15) is 38.5 Å². The molecule has 4 aliphatic rings. The standard InChI is InChI=1S/C14H20N4O2S/c1-3-13(5-9(1)7-15-13)19-11-12(18-21-17-11)20-14-4-2-10(6-14)8-16-14/h9-10,15-16H,1-8H2/t9-,10?,13+,14?/m0/s1. The third-order valence-electron chi connectivity index (χ3n) is 5.59. The molecule has 2 saturated heterocycles. The summed E-state index contributed by atoms with van der Waals surface area (Å²) in [7, 11) is 0. The maximum absolute atomic E-state index is 6.21. The number of hydrogen-bond acceptors (Lipinski definition) is 7. The average molecular weight is 308 g/mol. The van der Waals surface area contributed by atoms with E-state index in [1.54, 1.807) is 0 Å². The van der Waals surface area contributed by atoms with E-state index in [1.165, 1.54) is 24.6 Å². The highest BCUT2D eigenvalue weighted by atomic mass is 32.1. The number of ether oxygens (including phenoxy) is 2. The van der Waals surface area contributed by atoms with E-state index in [0.717, 1.165) is 50.6 Å². The van der Waals surface area contributed by atoms with Crippen LogP contribution in [0.25, 0.3) is 0 Å². The quantitative estimate of drug-likeness (QED) is 0.878. The van der Waals surface area contributed by atoms with Gasteiger partial charge in [-0.25, -0.2) is 0 Å². The second-order valence-electron chi connectivity index (χ2n) is 7.05. The van der Waals surface area contributed by atoms with Crippen LogP contribution >= 0.6 is 11.7 Å². The Hall–Kier alpha value is -0.920. The third kappa shape index (κ3) is 1.98. The van der Waals surface area contributed by atoms with E-state index >= 15 is 0 Å². The Balaban J connectivity index is 1.36. The highest BCUT2D eigenvalue weighted by Crippen LogP contribution is 2.45. The second-order valence-corrected chi connectivity index (χ2v) is 7.58. The van der Waals surface area contributed by atoms with Gasteiger partial charge >= 0.3 is 0 Å². The first-order valence-electron chi connectivity index (χ1n) is 7.95. The topological polar surface area (TPSA) is 68.3 Å². The zero-order chi connectivity index (χ0) is 13.9. The molecule has 1 aromatic rings. The molecular formula is C14H20N4O2S. The number of nitrogens with one attached hydrogen (secondary N) is 2. The molecule has 0 spiro atoms. The SMILES string of the molecule is C1CC2(Oc3nsnc3O[C@@]34CC[C@H](CN3)C4)CC1CN2. The van der Waals surface area contributed by atoms with Crippen LogP contribution in [0, 0.1) is 11.8 Å². The first-order chi connectivity index (χ1) is 10.2. The highest BCUT2D eigenvalue weighted by Gasteiger charge is 2.50. The zero-order valence-electron chi connectivity index (χ0n) is 11.9. The number of rotatable bonds is 4. The Labute approximate surface area is 127 Å². The molecule has 2 unspecified atom stereocenters. The van der Waals surface area contributed by atoms with Crippen molar-refractivity contribution in [1.29, 1.82) is 0 Å². The minimum Gasteiger partial charge on any atom is -0.451 e.